The van der Waals surface area contributed by atoms with E-state index in [1.165, 1.54) is 11.3 Å². The van der Waals surface area contributed by atoms with Gasteiger partial charge in [0.25, 0.3) is 6.43 Å². The lowest BCUT2D eigenvalue weighted by atomic mass is 10.2. The Kier molecular flexibility index (Phi) is 5.11. The van der Waals surface area contributed by atoms with Crippen molar-refractivity contribution in [3.8, 4) is 0 Å². The van der Waals surface area contributed by atoms with Gasteiger partial charge in [-0.2, -0.15) is 0 Å². The fourth-order valence-corrected chi connectivity index (χ4v) is 2.52. The quantitative estimate of drug-likeness (QED) is 0.876. The minimum atomic E-state index is -2.69. The van der Waals surface area contributed by atoms with E-state index >= 15 is 0 Å². The first-order chi connectivity index (χ1) is 7.00. The SMILES string of the molecule is CC(NCC(O)C(F)F)c1cc(Br)cs1. The zero-order valence-corrected chi connectivity index (χ0v) is 10.5. The zero-order valence-electron chi connectivity index (χ0n) is 8.08. The van der Waals surface area contributed by atoms with E-state index in [4.69, 9.17) is 5.11 Å². The maximum atomic E-state index is 12.0. The molecule has 0 spiro atoms. The molecule has 0 saturated heterocycles. The zero-order chi connectivity index (χ0) is 11.4. The summed E-state index contributed by atoms with van der Waals surface area (Å²) in [5.74, 6) is 0. The summed E-state index contributed by atoms with van der Waals surface area (Å²) >= 11 is 4.86. The topological polar surface area (TPSA) is 32.3 Å². The standard InChI is InChI=1S/C9H12BrF2NOS/c1-5(8-2-6(10)4-15-8)13-3-7(14)9(11)12/h2,4-5,7,9,13-14H,3H2,1H3. The molecule has 1 aromatic rings. The maximum absolute atomic E-state index is 12.0. The molecule has 1 heterocycles. The number of hydrogen-bond donors (Lipinski definition) is 2. The summed E-state index contributed by atoms with van der Waals surface area (Å²) in [5, 5.41) is 13.7. The minimum Gasteiger partial charge on any atom is -0.386 e. The molecule has 0 aliphatic rings. The Labute approximate surface area is 99.4 Å². The van der Waals surface area contributed by atoms with Crippen LogP contribution in [0.5, 0.6) is 0 Å². The maximum Gasteiger partial charge on any atom is 0.265 e. The number of thiophene rings is 1. The van der Waals surface area contributed by atoms with Gasteiger partial charge in [-0.1, -0.05) is 0 Å². The van der Waals surface area contributed by atoms with E-state index in [2.05, 4.69) is 21.2 Å². The van der Waals surface area contributed by atoms with Crippen LogP contribution in [0.3, 0.4) is 0 Å². The smallest absolute Gasteiger partial charge is 0.265 e. The number of aliphatic hydroxyl groups excluding tert-OH is 1. The van der Waals surface area contributed by atoms with Crippen molar-refractivity contribution in [1.29, 1.82) is 0 Å². The lowest BCUT2D eigenvalue weighted by molar-refractivity contribution is -0.00434. The molecule has 1 aromatic heterocycles. The van der Waals surface area contributed by atoms with Gasteiger partial charge >= 0.3 is 0 Å². The van der Waals surface area contributed by atoms with E-state index in [1.807, 2.05) is 18.4 Å². The predicted octanol–water partition coefficient (Wildman–Crippen LogP) is 2.79. The van der Waals surface area contributed by atoms with Gasteiger partial charge in [0.1, 0.15) is 6.10 Å². The van der Waals surface area contributed by atoms with Crippen LogP contribution in [0.15, 0.2) is 15.9 Å². The van der Waals surface area contributed by atoms with Crippen molar-refractivity contribution in [3.63, 3.8) is 0 Å². The van der Waals surface area contributed by atoms with Crippen molar-refractivity contribution in [2.45, 2.75) is 25.5 Å². The molecule has 86 valence electrons. The Hall–Kier alpha value is -0.0400. The second-order valence-electron chi connectivity index (χ2n) is 3.20. The summed E-state index contributed by atoms with van der Waals surface area (Å²) in [5.41, 5.74) is 0. The highest BCUT2D eigenvalue weighted by molar-refractivity contribution is 9.10. The largest absolute Gasteiger partial charge is 0.386 e. The van der Waals surface area contributed by atoms with Crippen LogP contribution in [-0.4, -0.2) is 24.2 Å². The van der Waals surface area contributed by atoms with Crippen LogP contribution in [0.1, 0.15) is 17.8 Å². The van der Waals surface area contributed by atoms with Gasteiger partial charge in [-0.25, -0.2) is 8.78 Å². The van der Waals surface area contributed by atoms with Crippen LogP contribution >= 0.6 is 27.3 Å². The number of aliphatic hydroxyl groups is 1. The summed E-state index contributed by atoms with van der Waals surface area (Å²) in [7, 11) is 0. The Morgan fingerprint density at radius 2 is 2.27 bits per heavy atom. The van der Waals surface area contributed by atoms with Crippen LogP contribution in [0.25, 0.3) is 0 Å². The highest BCUT2D eigenvalue weighted by Gasteiger charge is 2.17. The third kappa shape index (κ3) is 4.14. The Bertz CT molecular complexity index is 308. The minimum absolute atomic E-state index is 0.0327. The molecule has 0 aliphatic carbocycles. The molecule has 2 nitrogen and oxygen atoms in total. The highest BCUT2D eigenvalue weighted by atomic mass is 79.9. The normalized spacial score (nSPS) is 15.6. The van der Waals surface area contributed by atoms with Crippen LogP contribution in [0.2, 0.25) is 0 Å². The van der Waals surface area contributed by atoms with Crippen LogP contribution in [-0.2, 0) is 0 Å². The van der Waals surface area contributed by atoms with Gasteiger partial charge in [0.15, 0.2) is 0 Å². The summed E-state index contributed by atoms with van der Waals surface area (Å²) < 4.78 is 25.0. The molecule has 15 heavy (non-hydrogen) atoms. The van der Waals surface area contributed by atoms with Crippen molar-refractivity contribution in [2.75, 3.05) is 6.54 Å². The monoisotopic (exact) mass is 299 g/mol. The Morgan fingerprint density at radius 1 is 1.60 bits per heavy atom. The van der Waals surface area contributed by atoms with Gasteiger partial charge < -0.3 is 10.4 Å². The lowest BCUT2D eigenvalue weighted by Gasteiger charge is -2.15. The van der Waals surface area contributed by atoms with Gasteiger partial charge in [0, 0.05) is 27.3 Å². The molecular formula is C9H12BrF2NOS. The van der Waals surface area contributed by atoms with Gasteiger partial charge in [0.05, 0.1) is 0 Å². The predicted molar refractivity (Wildman–Crippen MR) is 60.4 cm³/mol. The number of hydrogen-bond acceptors (Lipinski definition) is 3. The fraction of sp³-hybridized carbons (Fsp3) is 0.556. The molecule has 2 unspecified atom stereocenters. The molecule has 0 bridgehead atoms. The lowest BCUT2D eigenvalue weighted by Crippen LogP contribution is -2.33. The van der Waals surface area contributed by atoms with Crippen molar-refractivity contribution in [1.82, 2.24) is 5.32 Å². The van der Waals surface area contributed by atoms with Gasteiger partial charge in [-0.15, -0.1) is 11.3 Å². The molecule has 0 amide bonds. The van der Waals surface area contributed by atoms with E-state index < -0.39 is 12.5 Å². The fourth-order valence-electron chi connectivity index (χ4n) is 1.04. The number of nitrogens with one attached hydrogen (secondary N) is 1. The first kappa shape index (κ1) is 13.0. The molecule has 0 saturated carbocycles. The highest BCUT2D eigenvalue weighted by Crippen LogP contribution is 2.25. The second-order valence-corrected chi connectivity index (χ2v) is 5.06. The molecule has 2 atom stereocenters. The third-order valence-corrected chi connectivity index (χ3v) is 3.81. The first-order valence-electron chi connectivity index (χ1n) is 4.44. The summed E-state index contributed by atoms with van der Waals surface area (Å²) in [4.78, 5) is 1.04. The number of rotatable bonds is 5. The number of alkyl halides is 2. The second kappa shape index (κ2) is 5.89. The molecule has 6 heteroatoms. The molecule has 0 radical (unpaired) electrons. The molecule has 2 N–H and O–H groups in total. The van der Waals surface area contributed by atoms with Crippen molar-refractivity contribution in [3.05, 3.63) is 20.8 Å². The van der Waals surface area contributed by atoms with Crippen molar-refractivity contribution < 1.29 is 13.9 Å². The van der Waals surface area contributed by atoms with Crippen LogP contribution in [0, 0.1) is 0 Å². The first-order valence-corrected chi connectivity index (χ1v) is 6.11. The van der Waals surface area contributed by atoms with Gasteiger partial charge in [-0.05, 0) is 28.9 Å². The van der Waals surface area contributed by atoms with E-state index in [9.17, 15) is 8.78 Å². The average molecular weight is 300 g/mol. The summed E-state index contributed by atoms with van der Waals surface area (Å²) in [6.07, 6.45) is -4.30. The Balaban J connectivity index is 2.39. The van der Waals surface area contributed by atoms with Crippen molar-refractivity contribution in [2.24, 2.45) is 0 Å². The van der Waals surface area contributed by atoms with Crippen molar-refractivity contribution >= 4 is 27.3 Å². The summed E-state index contributed by atoms with van der Waals surface area (Å²) in [6, 6.07) is 1.89. The number of halogens is 3. The molecule has 0 aromatic carbocycles. The van der Waals surface area contributed by atoms with Crippen LogP contribution in [0.4, 0.5) is 8.78 Å². The Morgan fingerprint density at radius 3 is 2.73 bits per heavy atom. The van der Waals surface area contributed by atoms with Crippen LogP contribution < -0.4 is 5.32 Å². The summed E-state index contributed by atoms with van der Waals surface area (Å²) in [6.45, 7) is 1.77. The molecule has 1 rings (SSSR count). The molecule has 0 fully saturated rings. The third-order valence-electron chi connectivity index (χ3n) is 1.94. The molecular weight excluding hydrogens is 288 g/mol. The van der Waals surface area contributed by atoms with E-state index in [-0.39, 0.29) is 12.6 Å². The van der Waals surface area contributed by atoms with E-state index in [0.717, 1.165) is 9.35 Å². The van der Waals surface area contributed by atoms with E-state index in [0.29, 0.717) is 0 Å². The van der Waals surface area contributed by atoms with Gasteiger partial charge in [0.2, 0.25) is 0 Å². The average Bonchev–Trinajstić information content (AvgIpc) is 2.60. The molecule has 0 aliphatic heterocycles. The van der Waals surface area contributed by atoms with Gasteiger partial charge in [-0.3, -0.25) is 0 Å². The van der Waals surface area contributed by atoms with E-state index in [1.54, 1.807) is 0 Å².